The zero-order valence-corrected chi connectivity index (χ0v) is 16.1. The van der Waals surface area contributed by atoms with Gasteiger partial charge >= 0.3 is 0 Å². The standard InChI is InChI=1S/C20H23N3O2S/c1-4-15-6-8-17(9-7-15)25-12-16-10-19(26-13-16)20(24)22-18-11-21-23(5-2)14(18)3/h6-11,13H,4-5,12H2,1-3H3,(H,22,24). The quantitative estimate of drug-likeness (QED) is 0.659. The van der Waals surface area contributed by atoms with Gasteiger partial charge in [0.25, 0.3) is 5.91 Å². The summed E-state index contributed by atoms with van der Waals surface area (Å²) in [5, 5.41) is 9.13. The van der Waals surface area contributed by atoms with E-state index in [1.165, 1.54) is 16.9 Å². The number of hydrogen-bond acceptors (Lipinski definition) is 4. The Hall–Kier alpha value is -2.60. The second-order valence-electron chi connectivity index (χ2n) is 6.02. The number of anilines is 1. The lowest BCUT2D eigenvalue weighted by molar-refractivity contribution is 0.103. The normalized spacial score (nSPS) is 10.7. The second kappa shape index (κ2) is 8.19. The van der Waals surface area contributed by atoms with Gasteiger partial charge in [-0.2, -0.15) is 5.10 Å². The van der Waals surface area contributed by atoms with E-state index in [2.05, 4.69) is 29.5 Å². The van der Waals surface area contributed by atoms with Crippen molar-refractivity contribution in [1.82, 2.24) is 9.78 Å². The molecule has 2 heterocycles. The second-order valence-corrected chi connectivity index (χ2v) is 6.93. The Bertz CT molecular complexity index is 881. The monoisotopic (exact) mass is 369 g/mol. The lowest BCUT2D eigenvalue weighted by Crippen LogP contribution is -2.11. The number of benzene rings is 1. The van der Waals surface area contributed by atoms with E-state index < -0.39 is 0 Å². The number of aryl methyl sites for hydroxylation is 2. The first kappa shape index (κ1) is 18.2. The van der Waals surface area contributed by atoms with Crippen molar-refractivity contribution in [3.8, 4) is 5.75 Å². The molecule has 0 aliphatic carbocycles. The van der Waals surface area contributed by atoms with E-state index in [1.807, 2.05) is 42.1 Å². The molecule has 0 spiro atoms. The van der Waals surface area contributed by atoms with Gasteiger partial charge in [-0.1, -0.05) is 19.1 Å². The van der Waals surface area contributed by atoms with Gasteiger partial charge in [-0.3, -0.25) is 9.48 Å². The predicted octanol–water partition coefficient (Wildman–Crippen LogP) is 4.67. The van der Waals surface area contributed by atoms with Gasteiger partial charge < -0.3 is 10.1 Å². The van der Waals surface area contributed by atoms with Gasteiger partial charge in [0.15, 0.2) is 0 Å². The van der Waals surface area contributed by atoms with Crippen LogP contribution in [-0.4, -0.2) is 15.7 Å². The molecule has 0 bridgehead atoms. The summed E-state index contributed by atoms with van der Waals surface area (Å²) in [6.07, 6.45) is 2.70. The topological polar surface area (TPSA) is 56.1 Å². The molecule has 136 valence electrons. The van der Waals surface area contributed by atoms with Crippen molar-refractivity contribution >= 4 is 22.9 Å². The molecule has 5 nitrogen and oxygen atoms in total. The molecule has 0 fully saturated rings. The third-order valence-corrected chi connectivity index (χ3v) is 5.24. The number of carbonyl (C=O) groups is 1. The molecule has 0 saturated carbocycles. The third-order valence-electron chi connectivity index (χ3n) is 4.27. The Kier molecular flexibility index (Phi) is 5.73. The average Bonchev–Trinajstić information content (AvgIpc) is 3.28. The maximum Gasteiger partial charge on any atom is 0.265 e. The van der Waals surface area contributed by atoms with E-state index >= 15 is 0 Å². The summed E-state index contributed by atoms with van der Waals surface area (Å²) in [6, 6.07) is 9.97. The van der Waals surface area contributed by atoms with Crippen molar-refractivity contribution in [3.05, 3.63) is 63.6 Å². The first-order chi connectivity index (χ1) is 12.6. The number of carbonyl (C=O) groups excluding carboxylic acids is 1. The van der Waals surface area contributed by atoms with Crippen LogP contribution in [-0.2, 0) is 19.6 Å². The van der Waals surface area contributed by atoms with Gasteiger partial charge in [-0.05, 0) is 49.4 Å². The lowest BCUT2D eigenvalue weighted by Gasteiger charge is -2.05. The van der Waals surface area contributed by atoms with Crippen molar-refractivity contribution in [1.29, 1.82) is 0 Å². The largest absolute Gasteiger partial charge is 0.489 e. The Labute approximate surface area is 157 Å². The van der Waals surface area contributed by atoms with Crippen LogP contribution in [0.4, 0.5) is 5.69 Å². The molecule has 6 heteroatoms. The van der Waals surface area contributed by atoms with Gasteiger partial charge in [0.1, 0.15) is 12.4 Å². The number of ether oxygens (including phenoxy) is 1. The van der Waals surface area contributed by atoms with E-state index in [0.717, 1.165) is 35.7 Å². The number of thiophene rings is 1. The smallest absolute Gasteiger partial charge is 0.265 e. The SMILES string of the molecule is CCc1ccc(OCc2csc(C(=O)Nc3cnn(CC)c3C)c2)cc1. The summed E-state index contributed by atoms with van der Waals surface area (Å²) in [4.78, 5) is 13.1. The predicted molar refractivity (Wildman–Crippen MR) is 105 cm³/mol. The van der Waals surface area contributed by atoms with Gasteiger partial charge in [0.2, 0.25) is 0 Å². The lowest BCUT2D eigenvalue weighted by atomic mass is 10.2. The van der Waals surface area contributed by atoms with Crippen LogP contribution in [0.5, 0.6) is 5.75 Å². The highest BCUT2D eigenvalue weighted by molar-refractivity contribution is 7.12. The van der Waals surface area contributed by atoms with Crippen LogP contribution in [0, 0.1) is 6.92 Å². The molecule has 0 atom stereocenters. The van der Waals surface area contributed by atoms with Crippen LogP contribution in [0.2, 0.25) is 0 Å². The number of nitrogens with zero attached hydrogens (tertiary/aromatic N) is 2. The van der Waals surface area contributed by atoms with E-state index in [-0.39, 0.29) is 5.91 Å². The summed E-state index contributed by atoms with van der Waals surface area (Å²) >= 11 is 1.42. The number of rotatable bonds is 7. The molecule has 0 unspecified atom stereocenters. The summed E-state index contributed by atoms with van der Waals surface area (Å²) in [5.41, 5.74) is 3.98. The minimum absolute atomic E-state index is 0.118. The van der Waals surface area contributed by atoms with Crippen molar-refractivity contribution < 1.29 is 9.53 Å². The van der Waals surface area contributed by atoms with Crippen molar-refractivity contribution in [2.75, 3.05) is 5.32 Å². The fraction of sp³-hybridized carbons (Fsp3) is 0.300. The summed E-state index contributed by atoms with van der Waals surface area (Å²) in [7, 11) is 0. The molecule has 1 amide bonds. The fourth-order valence-electron chi connectivity index (χ4n) is 2.63. The number of hydrogen-bond donors (Lipinski definition) is 1. The minimum atomic E-state index is -0.118. The molecule has 26 heavy (non-hydrogen) atoms. The van der Waals surface area contributed by atoms with Gasteiger partial charge in [0.05, 0.1) is 22.5 Å². The van der Waals surface area contributed by atoms with Crippen LogP contribution in [0.25, 0.3) is 0 Å². The Balaban J connectivity index is 1.59. The fourth-order valence-corrected chi connectivity index (χ4v) is 3.42. The van der Waals surface area contributed by atoms with Crippen LogP contribution >= 0.6 is 11.3 Å². The number of aromatic nitrogens is 2. The van der Waals surface area contributed by atoms with E-state index in [0.29, 0.717) is 11.5 Å². The van der Waals surface area contributed by atoms with Crippen LogP contribution in [0.15, 0.2) is 41.9 Å². The zero-order valence-electron chi connectivity index (χ0n) is 15.3. The molecule has 2 aromatic heterocycles. The summed E-state index contributed by atoms with van der Waals surface area (Å²) < 4.78 is 7.66. The molecule has 1 aromatic carbocycles. The minimum Gasteiger partial charge on any atom is -0.489 e. The van der Waals surface area contributed by atoms with Crippen molar-refractivity contribution in [3.63, 3.8) is 0 Å². The Morgan fingerprint density at radius 3 is 2.65 bits per heavy atom. The first-order valence-corrected chi connectivity index (χ1v) is 9.61. The van der Waals surface area contributed by atoms with Gasteiger partial charge in [-0.15, -0.1) is 11.3 Å². The maximum atomic E-state index is 12.4. The highest BCUT2D eigenvalue weighted by Crippen LogP contribution is 2.21. The Morgan fingerprint density at radius 2 is 2.00 bits per heavy atom. The highest BCUT2D eigenvalue weighted by atomic mass is 32.1. The Morgan fingerprint density at radius 1 is 1.23 bits per heavy atom. The van der Waals surface area contributed by atoms with Crippen LogP contribution < -0.4 is 10.1 Å². The van der Waals surface area contributed by atoms with E-state index in [4.69, 9.17) is 4.74 Å². The van der Waals surface area contributed by atoms with Crippen LogP contribution in [0.1, 0.15) is 40.3 Å². The number of nitrogens with one attached hydrogen (secondary N) is 1. The molecule has 1 N–H and O–H groups in total. The molecule has 3 aromatic rings. The highest BCUT2D eigenvalue weighted by Gasteiger charge is 2.13. The van der Waals surface area contributed by atoms with E-state index in [9.17, 15) is 4.79 Å². The third kappa shape index (κ3) is 4.14. The van der Waals surface area contributed by atoms with Crippen LogP contribution in [0.3, 0.4) is 0 Å². The van der Waals surface area contributed by atoms with E-state index in [1.54, 1.807) is 6.20 Å². The molecular weight excluding hydrogens is 346 g/mol. The molecule has 3 rings (SSSR count). The van der Waals surface area contributed by atoms with Crippen molar-refractivity contribution in [2.24, 2.45) is 0 Å². The molecule has 0 radical (unpaired) electrons. The maximum absolute atomic E-state index is 12.4. The zero-order chi connectivity index (χ0) is 18.5. The molecule has 0 aliphatic rings. The molecule has 0 saturated heterocycles. The average molecular weight is 369 g/mol. The number of amides is 1. The molecule has 0 aliphatic heterocycles. The van der Waals surface area contributed by atoms with Crippen molar-refractivity contribution in [2.45, 2.75) is 40.3 Å². The summed E-state index contributed by atoms with van der Waals surface area (Å²) in [5.74, 6) is 0.717. The summed E-state index contributed by atoms with van der Waals surface area (Å²) in [6.45, 7) is 7.32. The van der Waals surface area contributed by atoms with Gasteiger partial charge in [0, 0.05) is 12.1 Å². The molecular formula is C20H23N3O2S. The first-order valence-electron chi connectivity index (χ1n) is 8.73. The van der Waals surface area contributed by atoms with Gasteiger partial charge in [-0.25, -0.2) is 0 Å².